The lowest BCUT2D eigenvalue weighted by molar-refractivity contribution is -0.119. The molecule has 0 spiro atoms. The minimum absolute atomic E-state index is 0.0591. The molecule has 0 unspecified atom stereocenters. The van der Waals surface area contributed by atoms with Gasteiger partial charge in [-0.2, -0.15) is 8.75 Å². The third kappa shape index (κ3) is 3.21. The van der Waals surface area contributed by atoms with Crippen LogP contribution in [0.15, 0.2) is 30.6 Å². The maximum atomic E-state index is 11.9. The maximum Gasteiger partial charge on any atom is 0.361 e. The highest BCUT2D eigenvalue weighted by molar-refractivity contribution is 7.00. The number of anilines is 2. The van der Waals surface area contributed by atoms with Gasteiger partial charge in [0.2, 0.25) is 0 Å². The van der Waals surface area contributed by atoms with Gasteiger partial charge in [0.1, 0.15) is 11.0 Å². The van der Waals surface area contributed by atoms with Crippen LogP contribution in [0.4, 0.5) is 11.5 Å². The first-order chi connectivity index (χ1) is 11.1. The van der Waals surface area contributed by atoms with Gasteiger partial charge in [-0.3, -0.25) is 4.79 Å². The Balaban J connectivity index is 1.63. The fraction of sp³-hybridized carbons (Fsp3) is 0.0769. The van der Waals surface area contributed by atoms with Gasteiger partial charge in [-0.1, -0.05) is 6.07 Å². The van der Waals surface area contributed by atoms with Crippen molar-refractivity contribution in [3.05, 3.63) is 36.3 Å². The number of nitrogen functional groups attached to an aromatic ring is 1. The van der Waals surface area contributed by atoms with E-state index in [2.05, 4.69) is 24.0 Å². The van der Waals surface area contributed by atoms with Crippen LogP contribution in [-0.2, 0) is 9.53 Å². The van der Waals surface area contributed by atoms with Crippen molar-refractivity contribution in [3.8, 4) is 0 Å². The summed E-state index contributed by atoms with van der Waals surface area (Å²) in [5.74, 6) is -1.39. The maximum absolute atomic E-state index is 11.9. The molecule has 23 heavy (non-hydrogen) atoms. The van der Waals surface area contributed by atoms with Crippen molar-refractivity contribution in [3.63, 3.8) is 0 Å². The van der Waals surface area contributed by atoms with E-state index in [9.17, 15) is 9.59 Å². The van der Waals surface area contributed by atoms with E-state index in [-0.39, 0.29) is 11.5 Å². The first-order valence-corrected chi connectivity index (χ1v) is 7.13. The Kier molecular flexibility index (Phi) is 4.06. The molecule has 0 saturated heterocycles. The summed E-state index contributed by atoms with van der Waals surface area (Å²) in [5.41, 5.74) is 7.13. The van der Waals surface area contributed by atoms with Crippen molar-refractivity contribution in [1.29, 1.82) is 0 Å². The normalized spacial score (nSPS) is 10.4. The first kappa shape index (κ1) is 14.8. The molecule has 0 fully saturated rings. The number of esters is 1. The molecule has 2 heterocycles. The minimum Gasteiger partial charge on any atom is -0.451 e. The van der Waals surface area contributed by atoms with E-state index in [1.165, 1.54) is 12.4 Å². The van der Waals surface area contributed by atoms with Crippen molar-refractivity contribution in [2.24, 2.45) is 0 Å². The van der Waals surface area contributed by atoms with E-state index in [0.29, 0.717) is 16.7 Å². The molecule has 0 aliphatic heterocycles. The lowest BCUT2D eigenvalue weighted by Gasteiger charge is -2.07. The Bertz CT molecular complexity index is 881. The second kappa shape index (κ2) is 6.32. The lowest BCUT2D eigenvalue weighted by atomic mass is 10.2. The topological polar surface area (TPSA) is 133 Å². The molecule has 0 aliphatic carbocycles. The summed E-state index contributed by atoms with van der Waals surface area (Å²) < 4.78 is 13.0. The number of hydrogen-bond donors (Lipinski definition) is 2. The van der Waals surface area contributed by atoms with Crippen molar-refractivity contribution < 1.29 is 14.3 Å². The highest BCUT2D eigenvalue weighted by Crippen LogP contribution is 2.20. The zero-order valence-corrected chi connectivity index (χ0v) is 12.4. The number of aromatic nitrogens is 4. The van der Waals surface area contributed by atoms with E-state index in [4.69, 9.17) is 10.5 Å². The fourth-order valence-electron chi connectivity index (χ4n) is 1.80. The van der Waals surface area contributed by atoms with Gasteiger partial charge < -0.3 is 15.8 Å². The van der Waals surface area contributed by atoms with Gasteiger partial charge in [0.15, 0.2) is 18.1 Å². The number of carbonyl (C=O) groups is 2. The standard InChI is InChI=1S/C13H10N6O3S/c14-12-11(15-4-5-16-12)13(21)22-6-9(20)17-7-2-1-3-8-10(7)19-23-18-8/h1-5H,6H2,(H2,14,16)(H,17,20). The molecule has 0 radical (unpaired) electrons. The van der Waals surface area contributed by atoms with Crippen molar-refractivity contribution in [2.75, 3.05) is 17.7 Å². The highest BCUT2D eigenvalue weighted by Gasteiger charge is 2.16. The number of fused-ring (bicyclic) bond motifs is 1. The first-order valence-electron chi connectivity index (χ1n) is 6.40. The summed E-state index contributed by atoms with van der Waals surface area (Å²) in [4.78, 5) is 31.2. The molecular formula is C13H10N6O3S. The number of hydrogen-bond acceptors (Lipinski definition) is 9. The molecule has 3 rings (SSSR count). The van der Waals surface area contributed by atoms with E-state index in [0.717, 1.165) is 11.7 Å². The van der Waals surface area contributed by atoms with Crippen LogP contribution in [0.25, 0.3) is 11.0 Å². The van der Waals surface area contributed by atoms with Gasteiger partial charge in [0.05, 0.1) is 17.4 Å². The highest BCUT2D eigenvalue weighted by atomic mass is 32.1. The van der Waals surface area contributed by atoms with Crippen molar-refractivity contribution in [2.45, 2.75) is 0 Å². The molecule has 3 N–H and O–H groups in total. The molecule has 116 valence electrons. The van der Waals surface area contributed by atoms with E-state index in [1.807, 2.05) is 0 Å². The van der Waals surface area contributed by atoms with Crippen LogP contribution in [0, 0.1) is 0 Å². The predicted molar refractivity (Wildman–Crippen MR) is 82.8 cm³/mol. The molecule has 9 nitrogen and oxygen atoms in total. The summed E-state index contributed by atoms with van der Waals surface area (Å²) >= 11 is 1.05. The molecule has 10 heteroatoms. The Hall–Kier alpha value is -3.14. The second-order valence-electron chi connectivity index (χ2n) is 4.35. The molecule has 1 amide bonds. The SMILES string of the molecule is Nc1nccnc1C(=O)OCC(=O)Nc1cccc2nsnc12. The summed E-state index contributed by atoms with van der Waals surface area (Å²) in [7, 11) is 0. The quantitative estimate of drug-likeness (QED) is 0.673. The third-order valence-electron chi connectivity index (χ3n) is 2.81. The minimum atomic E-state index is -0.820. The van der Waals surface area contributed by atoms with Crippen LogP contribution in [0.5, 0.6) is 0 Å². The van der Waals surface area contributed by atoms with Crippen LogP contribution in [0.1, 0.15) is 10.5 Å². The second-order valence-corrected chi connectivity index (χ2v) is 4.88. The van der Waals surface area contributed by atoms with Gasteiger partial charge >= 0.3 is 5.97 Å². The largest absolute Gasteiger partial charge is 0.451 e. The molecular weight excluding hydrogens is 320 g/mol. The number of carbonyl (C=O) groups excluding carboxylic acids is 2. The zero-order valence-electron chi connectivity index (χ0n) is 11.6. The Labute approximate surface area is 133 Å². The summed E-state index contributed by atoms with van der Waals surface area (Å²) in [5, 5.41) is 2.61. The molecule has 2 aromatic heterocycles. The van der Waals surface area contributed by atoms with Gasteiger partial charge in [0.25, 0.3) is 5.91 Å². The molecule has 0 aliphatic rings. The van der Waals surface area contributed by atoms with Gasteiger partial charge in [0, 0.05) is 12.4 Å². The number of ether oxygens (including phenoxy) is 1. The third-order valence-corrected chi connectivity index (χ3v) is 3.36. The average molecular weight is 330 g/mol. The average Bonchev–Trinajstić information content (AvgIpc) is 3.03. The van der Waals surface area contributed by atoms with Crippen molar-refractivity contribution in [1.82, 2.24) is 18.7 Å². The fourth-order valence-corrected chi connectivity index (χ4v) is 2.35. The van der Waals surface area contributed by atoms with Crippen LogP contribution in [-0.4, -0.2) is 37.2 Å². The Morgan fingerprint density at radius 3 is 2.87 bits per heavy atom. The monoisotopic (exact) mass is 330 g/mol. The van der Waals surface area contributed by atoms with Crippen LogP contribution in [0.2, 0.25) is 0 Å². The number of amides is 1. The predicted octanol–water partition coefficient (Wildman–Crippen LogP) is 0.859. The van der Waals surface area contributed by atoms with Gasteiger partial charge in [-0.05, 0) is 12.1 Å². The molecule has 0 bridgehead atoms. The number of rotatable bonds is 4. The molecule has 1 aromatic carbocycles. The van der Waals surface area contributed by atoms with Gasteiger partial charge in [-0.15, -0.1) is 0 Å². The summed E-state index contributed by atoms with van der Waals surface area (Å²) in [6.07, 6.45) is 2.66. The summed E-state index contributed by atoms with van der Waals surface area (Å²) in [6.45, 7) is -0.483. The Morgan fingerprint density at radius 2 is 2.04 bits per heavy atom. The van der Waals surface area contributed by atoms with Crippen LogP contribution < -0.4 is 11.1 Å². The number of nitrogens with one attached hydrogen (secondary N) is 1. The van der Waals surface area contributed by atoms with E-state index < -0.39 is 18.5 Å². The zero-order chi connectivity index (χ0) is 16.2. The van der Waals surface area contributed by atoms with E-state index in [1.54, 1.807) is 18.2 Å². The van der Waals surface area contributed by atoms with E-state index >= 15 is 0 Å². The van der Waals surface area contributed by atoms with Crippen molar-refractivity contribution >= 4 is 46.1 Å². The van der Waals surface area contributed by atoms with Crippen LogP contribution >= 0.6 is 11.7 Å². The number of nitrogens with zero attached hydrogens (tertiary/aromatic N) is 4. The molecule has 0 saturated carbocycles. The Morgan fingerprint density at radius 1 is 1.22 bits per heavy atom. The number of nitrogens with two attached hydrogens (primary N) is 1. The van der Waals surface area contributed by atoms with Crippen LogP contribution in [0.3, 0.4) is 0 Å². The smallest absolute Gasteiger partial charge is 0.361 e. The molecule has 0 atom stereocenters. The number of benzene rings is 1. The summed E-state index contributed by atoms with van der Waals surface area (Å²) in [6, 6.07) is 5.21. The molecule has 3 aromatic rings. The van der Waals surface area contributed by atoms with Gasteiger partial charge in [-0.25, -0.2) is 14.8 Å². The lowest BCUT2D eigenvalue weighted by Crippen LogP contribution is -2.22.